The van der Waals surface area contributed by atoms with Crippen molar-refractivity contribution in [1.29, 1.82) is 0 Å². The second-order valence-electron chi connectivity index (χ2n) is 1.83. The first-order valence-electron chi connectivity index (χ1n) is 2.86. The molecule has 0 aromatic heterocycles. The van der Waals surface area contributed by atoms with Crippen LogP contribution in [-0.4, -0.2) is 14.8 Å². The predicted molar refractivity (Wildman–Crippen MR) is 56.2 cm³/mol. The molecule has 1 heterocycles. The largest absolute Gasteiger partial charge is 0.302 e. The van der Waals surface area contributed by atoms with Crippen LogP contribution >= 0.6 is 40.1 Å². The van der Waals surface area contributed by atoms with Crippen molar-refractivity contribution in [2.45, 2.75) is 5.50 Å². The molecule has 0 spiro atoms. The first-order valence-corrected chi connectivity index (χ1v) is 4.92. The van der Waals surface area contributed by atoms with E-state index >= 15 is 0 Å². The van der Waals surface area contributed by atoms with E-state index in [4.69, 9.17) is 5.73 Å². The summed E-state index contributed by atoms with van der Waals surface area (Å²) in [5, 5.41) is 4.46. The Labute approximate surface area is 83.8 Å². The SMILES string of the molecule is NC1SC=C(C=C[C]=S)N1Br. The maximum atomic E-state index is 5.65. The van der Waals surface area contributed by atoms with Gasteiger partial charge in [0.15, 0.2) is 0 Å². The van der Waals surface area contributed by atoms with E-state index in [9.17, 15) is 0 Å². The summed E-state index contributed by atoms with van der Waals surface area (Å²) < 4.78 is 1.79. The lowest BCUT2D eigenvalue weighted by Crippen LogP contribution is -2.26. The minimum atomic E-state index is -0.0419. The van der Waals surface area contributed by atoms with Crippen molar-refractivity contribution in [3.8, 4) is 0 Å². The highest BCUT2D eigenvalue weighted by Gasteiger charge is 2.18. The molecule has 0 saturated heterocycles. The summed E-state index contributed by atoms with van der Waals surface area (Å²) in [5.41, 5.74) is 6.61. The predicted octanol–water partition coefficient (Wildman–Crippen LogP) is 1.86. The molecule has 5 heteroatoms. The van der Waals surface area contributed by atoms with Crippen molar-refractivity contribution >= 4 is 45.5 Å². The van der Waals surface area contributed by atoms with Gasteiger partial charge in [-0.25, -0.2) is 0 Å². The van der Waals surface area contributed by atoms with Crippen LogP contribution < -0.4 is 5.73 Å². The molecule has 11 heavy (non-hydrogen) atoms. The van der Waals surface area contributed by atoms with Crippen molar-refractivity contribution < 1.29 is 0 Å². The molecular weight excluding hydrogens is 244 g/mol. The van der Waals surface area contributed by atoms with Gasteiger partial charge in [0.2, 0.25) is 0 Å². The molecule has 1 atom stereocenters. The highest BCUT2D eigenvalue weighted by atomic mass is 79.9. The van der Waals surface area contributed by atoms with Crippen molar-refractivity contribution in [1.82, 2.24) is 3.93 Å². The first-order chi connectivity index (χ1) is 5.25. The molecule has 0 fully saturated rings. The maximum absolute atomic E-state index is 5.65. The Morgan fingerprint density at radius 2 is 2.64 bits per heavy atom. The van der Waals surface area contributed by atoms with Crippen LogP contribution in [-0.2, 0) is 0 Å². The van der Waals surface area contributed by atoms with Crippen molar-refractivity contribution in [2.24, 2.45) is 5.73 Å². The van der Waals surface area contributed by atoms with E-state index in [-0.39, 0.29) is 5.50 Å². The number of hydrogen-bond acceptors (Lipinski definition) is 4. The molecule has 1 radical (unpaired) electrons. The van der Waals surface area contributed by atoms with Crippen LogP contribution in [0.3, 0.4) is 0 Å². The van der Waals surface area contributed by atoms with E-state index in [1.807, 2.05) is 11.5 Å². The standard InChI is InChI=1S/C6H6BrN2S2/c7-9-5(2-1-3-10)4-11-6(9)8/h1-2,4,6H,8H2. The number of nitrogens with two attached hydrogens (primary N) is 1. The van der Waals surface area contributed by atoms with E-state index in [2.05, 4.69) is 33.7 Å². The zero-order chi connectivity index (χ0) is 8.27. The van der Waals surface area contributed by atoms with Gasteiger partial charge >= 0.3 is 0 Å². The van der Waals surface area contributed by atoms with Crippen LogP contribution in [0.4, 0.5) is 0 Å². The summed E-state index contributed by atoms with van der Waals surface area (Å²) in [5.74, 6) is 0. The molecule has 59 valence electrons. The lowest BCUT2D eigenvalue weighted by atomic mass is 10.4. The van der Waals surface area contributed by atoms with Crippen LogP contribution in [0.1, 0.15) is 0 Å². The molecular formula is C6H6BrN2S2. The summed E-state index contributed by atoms with van der Waals surface area (Å²) in [6.45, 7) is 0. The number of thiocarbonyl (C=S) groups is 1. The molecule has 1 aliphatic heterocycles. The molecule has 0 saturated carbocycles. The minimum absolute atomic E-state index is 0.0419. The molecule has 0 aromatic carbocycles. The second-order valence-corrected chi connectivity index (χ2v) is 3.82. The van der Waals surface area contributed by atoms with Gasteiger partial charge in [-0.3, -0.25) is 3.93 Å². The Morgan fingerprint density at radius 3 is 3.09 bits per heavy atom. The van der Waals surface area contributed by atoms with E-state index < -0.39 is 0 Å². The van der Waals surface area contributed by atoms with Crippen molar-refractivity contribution in [2.75, 3.05) is 0 Å². The van der Waals surface area contributed by atoms with Gasteiger partial charge in [-0.15, -0.1) is 0 Å². The van der Waals surface area contributed by atoms with Crippen LogP contribution in [0.15, 0.2) is 23.3 Å². The Balaban J connectivity index is 2.60. The third-order valence-corrected chi connectivity index (χ3v) is 3.25. The molecule has 1 unspecified atom stereocenters. The lowest BCUT2D eigenvalue weighted by molar-refractivity contribution is 0.597. The first kappa shape index (κ1) is 9.25. The average molecular weight is 250 g/mol. The molecule has 2 nitrogen and oxygen atoms in total. The summed E-state index contributed by atoms with van der Waals surface area (Å²) in [6, 6.07) is 0. The molecule has 2 N–H and O–H groups in total. The van der Waals surface area contributed by atoms with Crippen LogP contribution in [0.2, 0.25) is 0 Å². The average Bonchev–Trinajstić information content (AvgIpc) is 2.31. The Kier molecular flexibility index (Phi) is 3.58. The van der Waals surface area contributed by atoms with E-state index in [0.717, 1.165) is 5.70 Å². The normalized spacial score (nSPS) is 24.4. The molecule has 0 aliphatic carbocycles. The van der Waals surface area contributed by atoms with Gasteiger partial charge in [-0.1, -0.05) is 24.0 Å². The van der Waals surface area contributed by atoms with Gasteiger partial charge in [0, 0.05) is 0 Å². The lowest BCUT2D eigenvalue weighted by Gasteiger charge is -2.14. The molecule has 0 aromatic rings. The third kappa shape index (κ3) is 2.30. The fourth-order valence-electron chi connectivity index (χ4n) is 0.620. The van der Waals surface area contributed by atoms with E-state index in [0.29, 0.717) is 0 Å². The number of thioether (sulfide) groups is 1. The molecule has 0 bridgehead atoms. The van der Waals surface area contributed by atoms with Gasteiger partial charge in [-0.2, -0.15) is 0 Å². The monoisotopic (exact) mass is 249 g/mol. The van der Waals surface area contributed by atoms with Gasteiger partial charge in [0.25, 0.3) is 0 Å². The topological polar surface area (TPSA) is 29.3 Å². The van der Waals surface area contributed by atoms with Crippen LogP contribution in [0.25, 0.3) is 0 Å². The fourth-order valence-corrected chi connectivity index (χ4v) is 2.03. The number of hydrogen-bond donors (Lipinski definition) is 1. The summed E-state index contributed by atoms with van der Waals surface area (Å²) >= 11 is 9.37. The number of allylic oxidation sites excluding steroid dienone is 2. The quantitative estimate of drug-likeness (QED) is 0.460. The summed E-state index contributed by atoms with van der Waals surface area (Å²) in [4.78, 5) is 0. The Bertz CT molecular complexity index is 215. The molecule has 1 rings (SSSR count). The number of rotatable bonds is 2. The van der Waals surface area contributed by atoms with Gasteiger partial charge in [-0.05, 0) is 17.6 Å². The van der Waals surface area contributed by atoms with E-state index in [1.165, 1.54) is 0 Å². The Morgan fingerprint density at radius 1 is 1.91 bits per heavy atom. The van der Waals surface area contributed by atoms with Gasteiger partial charge in [0.05, 0.1) is 27.2 Å². The minimum Gasteiger partial charge on any atom is -0.302 e. The van der Waals surface area contributed by atoms with Crippen LogP contribution in [0, 0.1) is 0 Å². The molecule has 0 amide bonds. The summed E-state index contributed by atoms with van der Waals surface area (Å²) in [7, 11) is 0. The van der Waals surface area contributed by atoms with Crippen LogP contribution in [0.5, 0.6) is 0 Å². The van der Waals surface area contributed by atoms with Crippen molar-refractivity contribution in [3.63, 3.8) is 0 Å². The highest BCUT2D eigenvalue weighted by molar-refractivity contribution is 9.07. The zero-order valence-electron chi connectivity index (χ0n) is 5.53. The number of nitrogens with zero attached hydrogens (tertiary/aromatic N) is 1. The van der Waals surface area contributed by atoms with Crippen molar-refractivity contribution in [3.05, 3.63) is 23.3 Å². The molecule has 1 aliphatic rings. The zero-order valence-corrected chi connectivity index (χ0v) is 8.75. The third-order valence-electron chi connectivity index (χ3n) is 1.12. The van der Waals surface area contributed by atoms with E-state index in [1.54, 1.807) is 21.8 Å². The van der Waals surface area contributed by atoms with Gasteiger partial charge < -0.3 is 5.73 Å². The second kappa shape index (κ2) is 4.25. The highest BCUT2D eigenvalue weighted by Crippen LogP contribution is 2.30. The Hall–Kier alpha value is 0.160. The maximum Gasteiger partial charge on any atom is 0.140 e. The fraction of sp³-hybridized carbons (Fsp3) is 0.167. The van der Waals surface area contributed by atoms with Gasteiger partial charge in [0.1, 0.15) is 5.50 Å². The number of halogens is 1. The smallest absolute Gasteiger partial charge is 0.140 e. The summed E-state index contributed by atoms with van der Waals surface area (Å²) in [6.07, 6.45) is 3.52.